The van der Waals surface area contributed by atoms with Crippen molar-refractivity contribution in [2.75, 3.05) is 5.75 Å². The van der Waals surface area contributed by atoms with E-state index in [1.807, 2.05) is 5.38 Å². The van der Waals surface area contributed by atoms with Gasteiger partial charge in [-0.1, -0.05) is 0 Å². The number of thioether (sulfide) groups is 1. The van der Waals surface area contributed by atoms with Crippen molar-refractivity contribution in [2.24, 2.45) is 22.2 Å². The van der Waals surface area contributed by atoms with E-state index in [0.717, 1.165) is 17.2 Å². The smallest absolute Gasteiger partial charge is 0.212 e. The van der Waals surface area contributed by atoms with Crippen molar-refractivity contribution in [3.05, 3.63) is 11.1 Å². The number of aliphatic imine (C=N–C) groups is 1. The topological polar surface area (TPSA) is 127 Å². The van der Waals surface area contributed by atoms with E-state index in [1.165, 1.54) is 11.3 Å². The van der Waals surface area contributed by atoms with Gasteiger partial charge < -0.3 is 17.2 Å². The highest BCUT2D eigenvalue weighted by Gasteiger charge is 2.01. The van der Waals surface area contributed by atoms with Crippen molar-refractivity contribution < 1.29 is 0 Å². The van der Waals surface area contributed by atoms with Crippen molar-refractivity contribution in [1.82, 2.24) is 4.98 Å². The van der Waals surface area contributed by atoms with Crippen LogP contribution in [0.1, 0.15) is 12.1 Å². The number of aromatic nitrogens is 1. The zero-order chi connectivity index (χ0) is 12.0. The Morgan fingerprint density at radius 1 is 1.47 bits per heavy atom. The molecule has 0 atom stereocenters. The Labute approximate surface area is 114 Å². The number of thiazole rings is 1. The van der Waals surface area contributed by atoms with E-state index in [2.05, 4.69) is 9.98 Å². The van der Waals surface area contributed by atoms with E-state index in [9.17, 15) is 0 Å². The van der Waals surface area contributed by atoms with Crippen LogP contribution in [0.15, 0.2) is 10.4 Å². The molecule has 1 aromatic heterocycles. The van der Waals surface area contributed by atoms with Gasteiger partial charge in [-0.2, -0.15) is 16.8 Å². The minimum atomic E-state index is 0. The average Bonchev–Trinajstić information content (AvgIpc) is 2.59. The van der Waals surface area contributed by atoms with Crippen LogP contribution in [0.3, 0.4) is 0 Å². The Balaban J connectivity index is 0.00000256. The van der Waals surface area contributed by atoms with Crippen LogP contribution >= 0.6 is 35.5 Å². The maximum absolute atomic E-state index is 7.06. The predicted molar refractivity (Wildman–Crippen MR) is 77.5 cm³/mol. The fraction of sp³-hybridized carbons (Fsp3) is 0.375. The lowest BCUT2D eigenvalue weighted by atomic mass is 10.5. The minimum Gasteiger partial charge on any atom is -0.388 e. The summed E-state index contributed by atoms with van der Waals surface area (Å²) >= 11 is 3.08. The van der Waals surface area contributed by atoms with Gasteiger partial charge in [-0.25, -0.2) is 4.98 Å². The van der Waals surface area contributed by atoms with Gasteiger partial charge in [0.2, 0.25) is 5.13 Å². The van der Waals surface area contributed by atoms with Gasteiger partial charge in [0.1, 0.15) is 0 Å². The summed E-state index contributed by atoms with van der Waals surface area (Å²) in [5.74, 6) is 1.84. The molecule has 17 heavy (non-hydrogen) atoms. The Bertz CT molecular complexity index is 387. The molecule has 7 N–H and O–H groups in total. The summed E-state index contributed by atoms with van der Waals surface area (Å²) in [6, 6.07) is 0. The Kier molecular flexibility index (Phi) is 7.68. The van der Waals surface area contributed by atoms with Crippen molar-refractivity contribution >= 4 is 52.4 Å². The van der Waals surface area contributed by atoms with Crippen molar-refractivity contribution in [2.45, 2.75) is 12.2 Å². The molecule has 0 aliphatic rings. The summed E-state index contributed by atoms with van der Waals surface area (Å²) in [4.78, 5) is 8.09. The zero-order valence-corrected chi connectivity index (χ0v) is 11.5. The molecule has 1 rings (SSSR count). The quantitative estimate of drug-likeness (QED) is 0.354. The Morgan fingerprint density at radius 2 is 2.18 bits per heavy atom. The van der Waals surface area contributed by atoms with Crippen LogP contribution < -0.4 is 17.2 Å². The van der Waals surface area contributed by atoms with Crippen LogP contribution in [0, 0.1) is 5.41 Å². The summed E-state index contributed by atoms with van der Waals surface area (Å²) in [5.41, 5.74) is 16.7. The lowest BCUT2D eigenvalue weighted by Crippen LogP contribution is -2.21. The molecule has 0 saturated carbocycles. The molecule has 0 fully saturated rings. The first-order chi connectivity index (χ1) is 7.58. The molecule has 0 aliphatic carbocycles. The maximum atomic E-state index is 7.06. The van der Waals surface area contributed by atoms with Gasteiger partial charge in [0, 0.05) is 23.3 Å². The van der Waals surface area contributed by atoms with Gasteiger partial charge in [-0.15, -0.1) is 23.7 Å². The number of rotatable bonds is 6. The molecule has 0 amide bonds. The molecule has 0 aromatic carbocycles. The second-order valence-electron chi connectivity index (χ2n) is 2.99. The molecule has 0 bridgehead atoms. The predicted octanol–water partition coefficient (Wildman–Crippen LogP) is 1.03. The summed E-state index contributed by atoms with van der Waals surface area (Å²) in [5, 5.41) is 9.55. The fourth-order valence-corrected chi connectivity index (χ4v) is 2.56. The molecule has 0 unspecified atom stereocenters. The van der Waals surface area contributed by atoms with Crippen LogP contribution in [0.5, 0.6) is 0 Å². The number of halogens is 1. The highest BCUT2D eigenvalue weighted by Crippen LogP contribution is 2.21. The summed E-state index contributed by atoms with van der Waals surface area (Å²) in [6.45, 7) is 0. The van der Waals surface area contributed by atoms with E-state index in [4.69, 9.17) is 22.6 Å². The largest absolute Gasteiger partial charge is 0.388 e. The standard InChI is InChI=1S/C8H14N6S2.ClH/c9-6(10)1-2-15-3-5-4-16-8(13-5)14-7(11)12;/h4H,1-3H2,(H3,9,10)(H4,11,12,13,14);1H. The van der Waals surface area contributed by atoms with Gasteiger partial charge in [-0.05, 0) is 0 Å². The van der Waals surface area contributed by atoms with Crippen molar-refractivity contribution in [3.63, 3.8) is 0 Å². The van der Waals surface area contributed by atoms with E-state index in [1.54, 1.807) is 11.8 Å². The van der Waals surface area contributed by atoms with Crippen LogP contribution in [-0.2, 0) is 5.75 Å². The summed E-state index contributed by atoms with van der Waals surface area (Å²) < 4.78 is 0. The first kappa shape index (κ1) is 16.0. The lowest BCUT2D eigenvalue weighted by molar-refractivity contribution is 1.19. The summed E-state index contributed by atoms with van der Waals surface area (Å²) in [7, 11) is 0. The van der Waals surface area contributed by atoms with E-state index < -0.39 is 0 Å². The molecule has 0 aliphatic heterocycles. The molecular formula is C8H15ClN6S2. The number of guanidine groups is 1. The SMILES string of the molecule is Cl.N=C(N)CCSCc1csc(N=C(N)N)n1. The van der Waals surface area contributed by atoms with Crippen LogP contribution in [0.2, 0.25) is 0 Å². The van der Waals surface area contributed by atoms with Crippen LogP contribution in [-0.4, -0.2) is 22.5 Å². The van der Waals surface area contributed by atoms with Gasteiger partial charge in [-0.3, -0.25) is 5.41 Å². The normalized spacial score (nSPS) is 9.41. The summed E-state index contributed by atoms with van der Waals surface area (Å²) in [6.07, 6.45) is 0.607. The first-order valence-corrected chi connectivity index (χ1v) is 6.56. The third-order valence-electron chi connectivity index (χ3n) is 1.53. The number of hydrogen-bond acceptors (Lipinski definition) is 5. The van der Waals surface area contributed by atoms with Gasteiger partial charge in [0.05, 0.1) is 11.5 Å². The molecule has 6 nitrogen and oxygen atoms in total. The van der Waals surface area contributed by atoms with Crippen molar-refractivity contribution in [3.8, 4) is 0 Å². The Hall–Kier alpha value is -0.990. The molecule has 0 radical (unpaired) electrons. The third-order valence-corrected chi connectivity index (χ3v) is 3.31. The average molecular weight is 295 g/mol. The molecule has 1 aromatic rings. The van der Waals surface area contributed by atoms with Gasteiger partial charge in [0.15, 0.2) is 5.96 Å². The monoisotopic (exact) mass is 294 g/mol. The number of amidine groups is 1. The number of nitrogens with one attached hydrogen (secondary N) is 1. The molecule has 9 heteroatoms. The first-order valence-electron chi connectivity index (χ1n) is 4.52. The molecule has 0 saturated heterocycles. The lowest BCUT2D eigenvalue weighted by Gasteiger charge is -1.97. The molecule has 96 valence electrons. The third kappa shape index (κ3) is 7.03. The Morgan fingerprint density at radius 3 is 2.76 bits per heavy atom. The second kappa shape index (κ2) is 8.15. The highest BCUT2D eigenvalue weighted by molar-refractivity contribution is 7.98. The fourth-order valence-electron chi connectivity index (χ4n) is 0.883. The second-order valence-corrected chi connectivity index (χ2v) is 4.93. The highest BCUT2D eigenvalue weighted by atomic mass is 35.5. The maximum Gasteiger partial charge on any atom is 0.212 e. The molecular weight excluding hydrogens is 280 g/mol. The zero-order valence-electron chi connectivity index (χ0n) is 9.05. The molecule has 1 heterocycles. The van der Waals surface area contributed by atoms with E-state index in [0.29, 0.717) is 11.6 Å². The van der Waals surface area contributed by atoms with E-state index >= 15 is 0 Å². The number of nitrogens with two attached hydrogens (primary N) is 3. The number of nitrogens with zero attached hydrogens (tertiary/aromatic N) is 2. The number of hydrogen-bond donors (Lipinski definition) is 4. The van der Waals surface area contributed by atoms with Crippen LogP contribution in [0.4, 0.5) is 5.13 Å². The van der Waals surface area contributed by atoms with Crippen molar-refractivity contribution in [1.29, 1.82) is 5.41 Å². The molecule has 0 spiro atoms. The van der Waals surface area contributed by atoms with Gasteiger partial charge >= 0.3 is 0 Å². The van der Waals surface area contributed by atoms with Crippen LogP contribution in [0.25, 0.3) is 0 Å². The van der Waals surface area contributed by atoms with Gasteiger partial charge in [0.25, 0.3) is 0 Å². The minimum absolute atomic E-state index is 0. The van der Waals surface area contributed by atoms with E-state index in [-0.39, 0.29) is 24.2 Å².